The molecule has 0 spiro atoms. The summed E-state index contributed by atoms with van der Waals surface area (Å²) in [5.74, 6) is 0.996. The average Bonchev–Trinajstić information content (AvgIpc) is 2.76. The summed E-state index contributed by atoms with van der Waals surface area (Å²) in [6.07, 6.45) is 0.447. The smallest absolute Gasteiger partial charge is 0.223 e. The van der Waals surface area contributed by atoms with E-state index < -0.39 is 0 Å². The van der Waals surface area contributed by atoms with Gasteiger partial charge in [-0.1, -0.05) is 5.16 Å². The van der Waals surface area contributed by atoms with Gasteiger partial charge in [0.2, 0.25) is 5.91 Å². The number of nitrogens with zero attached hydrogens (tertiary/aromatic N) is 3. The molecule has 0 aliphatic carbocycles. The molecule has 8 heteroatoms. The zero-order valence-corrected chi connectivity index (χ0v) is 13.2. The van der Waals surface area contributed by atoms with Crippen LogP contribution in [-0.2, 0) is 11.3 Å². The maximum atomic E-state index is 11.7. The molecule has 2 heterocycles. The van der Waals surface area contributed by atoms with Crippen LogP contribution in [-0.4, -0.2) is 53.6 Å². The number of halogens is 2. The average molecular weight is 325 g/mol. The normalized spacial score (nSPS) is 15.4. The molecule has 0 unspecified atom stereocenters. The van der Waals surface area contributed by atoms with Crippen molar-refractivity contribution in [2.45, 2.75) is 19.9 Å². The fourth-order valence-electron chi connectivity index (χ4n) is 2.16. The lowest BCUT2D eigenvalue weighted by atomic mass is 10.2. The maximum absolute atomic E-state index is 11.7. The van der Waals surface area contributed by atoms with Gasteiger partial charge in [0.05, 0.1) is 5.69 Å². The van der Waals surface area contributed by atoms with Gasteiger partial charge in [0.25, 0.3) is 0 Å². The van der Waals surface area contributed by atoms with Gasteiger partial charge < -0.3 is 15.2 Å². The van der Waals surface area contributed by atoms with Gasteiger partial charge in [-0.2, -0.15) is 0 Å². The summed E-state index contributed by atoms with van der Waals surface area (Å²) in [6, 6.07) is 1.95. The number of rotatable bonds is 4. The predicted molar refractivity (Wildman–Crippen MR) is 81.3 cm³/mol. The third kappa shape index (κ3) is 5.28. The quantitative estimate of drug-likeness (QED) is 0.887. The van der Waals surface area contributed by atoms with Crippen molar-refractivity contribution < 1.29 is 9.32 Å². The third-order valence-corrected chi connectivity index (χ3v) is 3.15. The van der Waals surface area contributed by atoms with Crippen molar-refractivity contribution >= 4 is 30.7 Å². The van der Waals surface area contributed by atoms with Crippen LogP contribution < -0.4 is 5.73 Å². The molecule has 0 radical (unpaired) electrons. The van der Waals surface area contributed by atoms with Crippen LogP contribution in [0.25, 0.3) is 0 Å². The van der Waals surface area contributed by atoms with Crippen LogP contribution in [0.4, 0.5) is 0 Å². The molecular formula is C12H22Cl2N4O2. The Morgan fingerprint density at radius 2 is 2.00 bits per heavy atom. The standard InChI is InChI=1S/C12H20N4O2.2ClH/c1-10-8-11(14-18-10)9-15-4-6-16(7-5-15)12(17)2-3-13;;/h8H,2-7,9,13H2,1H3;2*1H. The molecule has 20 heavy (non-hydrogen) atoms. The lowest BCUT2D eigenvalue weighted by molar-refractivity contribution is -0.132. The molecule has 116 valence electrons. The molecule has 0 atom stereocenters. The molecule has 1 aromatic heterocycles. The van der Waals surface area contributed by atoms with E-state index in [0.29, 0.717) is 13.0 Å². The highest BCUT2D eigenvalue weighted by atomic mass is 35.5. The highest BCUT2D eigenvalue weighted by Crippen LogP contribution is 2.09. The molecule has 6 nitrogen and oxygen atoms in total. The van der Waals surface area contributed by atoms with E-state index in [1.807, 2.05) is 17.9 Å². The lowest BCUT2D eigenvalue weighted by Crippen LogP contribution is -2.48. The summed E-state index contributed by atoms with van der Waals surface area (Å²) in [4.78, 5) is 15.8. The number of carbonyl (C=O) groups is 1. The SMILES string of the molecule is Cc1cc(CN2CCN(C(=O)CCN)CC2)no1.Cl.Cl. The Bertz CT molecular complexity index is 406. The van der Waals surface area contributed by atoms with Crippen molar-refractivity contribution in [2.24, 2.45) is 5.73 Å². The summed E-state index contributed by atoms with van der Waals surface area (Å²) >= 11 is 0. The van der Waals surface area contributed by atoms with Crippen LogP contribution in [0.5, 0.6) is 0 Å². The van der Waals surface area contributed by atoms with Gasteiger partial charge in [-0.25, -0.2) is 0 Å². The van der Waals surface area contributed by atoms with Crippen molar-refractivity contribution in [3.05, 3.63) is 17.5 Å². The van der Waals surface area contributed by atoms with Crippen molar-refractivity contribution in [1.29, 1.82) is 0 Å². The van der Waals surface area contributed by atoms with E-state index in [1.54, 1.807) is 0 Å². The topological polar surface area (TPSA) is 75.6 Å². The Hall–Kier alpha value is -0.820. The second-order valence-corrected chi connectivity index (χ2v) is 4.62. The minimum absolute atomic E-state index is 0. The van der Waals surface area contributed by atoms with E-state index >= 15 is 0 Å². The van der Waals surface area contributed by atoms with E-state index in [0.717, 1.165) is 44.2 Å². The zero-order chi connectivity index (χ0) is 13.0. The van der Waals surface area contributed by atoms with Crippen LogP contribution in [0, 0.1) is 6.92 Å². The molecule has 1 amide bonds. The van der Waals surface area contributed by atoms with E-state index in [4.69, 9.17) is 10.3 Å². The van der Waals surface area contributed by atoms with Crippen LogP contribution in [0.2, 0.25) is 0 Å². The summed E-state index contributed by atoms with van der Waals surface area (Å²) in [6.45, 7) is 6.41. The van der Waals surface area contributed by atoms with Crippen LogP contribution >= 0.6 is 24.8 Å². The van der Waals surface area contributed by atoms with E-state index in [-0.39, 0.29) is 30.7 Å². The number of nitrogens with two attached hydrogens (primary N) is 1. The monoisotopic (exact) mass is 324 g/mol. The van der Waals surface area contributed by atoms with Gasteiger partial charge in [-0.05, 0) is 6.92 Å². The van der Waals surface area contributed by atoms with Crippen LogP contribution in [0.15, 0.2) is 10.6 Å². The largest absolute Gasteiger partial charge is 0.361 e. The lowest BCUT2D eigenvalue weighted by Gasteiger charge is -2.34. The van der Waals surface area contributed by atoms with Crippen molar-refractivity contribution in [2.75, 3.05) is 32.7 Å². The minimum atomic E-state index is 0. The predicted octanol–water partition coefficient (Wildman–Crippen LogP) is 0.820. The van der Waals surface area contributed by atoms with E-state index in [1.165, 1.54) is 0 Å². The van der Waals surface area contributed by atoms with E-state index in [2.05, 4.69) is 10.1 Å². The molecule has 1 aliphatic rings. The first kappa shape index (κ1) is 19.2. The van der Waals surface area contributed by atoms with E-state index in [9.17, 15) is 4.79 Å². The summed E-state index contributed by atoms with van der Waals surface area (Å²) in [5.41, 5.74) is 6.34. The molecule has 0 saturated carbocycles. The second-order valence-electron chi connectivity index (χ2n) is 4.62. The zero-order valence-electron chi connectivity index (χ0n) is 11.6. The van der Waals surface area contributed by atoms with Gasteiger partial charge in [0.15, 0.2) is 0 Å². The summed E-state index contributed by atoms with van der Waals surface area (Å²) < 4.78 is 5.04. The number of piperazine rings is 1. The Labute approximate surface area is 131 Å². The first-order valence-corrected chi connectivity index (χ1v) is 6.31. The third-order valence-electron chi connectivity index (χ3n) is 3.15. The maximum Gasteiger partial charge on any atom is 0.223 e. The van der Waals surface area contributed by atoms with Gasteiger partial charge in [-0.3, -0.25) is 9.69 Å². The molecule has 2 rings (SSSR count). The highest BCUT2D eigenvalue weighted by Gasteiger charge is 2.21. The Morgan fingerprint density at radius 1 is 1.35 bits per heavy atom. The fourth-order valence-corrected chi connectivity index (χ4v) is 2.16. The van der Waals surface area contributed by atoms with Gasteiger partial charge in [0.1, 0.15) is 5.76 Å². The molecule has 1 saturated heterocycles. The first-order chi connectivity index (χ1) is 8.69. The Balaban J connectivity index is 0.00000180. The van der Waals surface area contributed by atoms with Crippen molar-refractivity contribution in [1.82, 2.24) is 15.0 Å². The second kappa shape index (κ2) is 9.18. The van der Waals surface area contributed by atoms with Crippen LogP contribution in [0.1, 0.15) is 17.9 Å². The van der Waals surface area contributed by atoms with Crippen LogP contribution in [0.3, 0.4) is 0 Å². The number of amides is 1. The van der Waals surface area contributed by atoms with Gasteiger partial charge >= 0.3 is 0 Å². The molecular weight excluding hydrogens is 303 g/mol. The number of aryl methyl sites for hydroxylation is 1. The van der Waals surface area contributed by atoms with Gasteiger partial charge in [-0.15, -0.1) is 24.8 Å². The molecule has 0 aromatic carbocycles. The Morgan fingerprint density at radius 3 is 2.50 bits per heavy atom. The summed E-state index contributed by atoms with van der Waals surface area (Å²) in [7, 11) is 0. The highest BCUT2D eigenvalue weighted by molar-refractivity contribution is 5.85. The first-order valence-electron chi connectivity index (χ1n) is 6.31. The Kier molecular flexibility index (Phi) is 8.80. The number of hydrogen-bond donors (Lipinski definition) is 1. The number of hydrogen-bond acceptors (Lipinski definition) is 5. The molecule has 1 aliphatic heterocycles. The number of carbonyl (C=O) groups excluding carboxylic acids is 1. The molecule has 1 fully saturated rings. The molecule has 0 bridgehead atoms. The fraction of sp³-hybridized carbons (Fsp3) is 0.667. The minimum Gasteiger partial charge on any atom is -0.361 e. The molecule has 2 N–H and O–H groups in total. The number of aromatic nitrogens is 1. The van der Waals surface area contributed by atoms with Crippen molar-refractivity contribution in [3.63, 3.8) is 0 Å². The summed E-state index contributed by atoms with van der Waals surface area (Å²) in [5, 5.41) is 3.98. The van der Waals surface area contributed by atoms with Crippen molar-refractivity contribution in [3.8, 4) is 0 Å². The molecule has 1 aromatic rings. The van der Waals surface area contributed by atoms with Gasteiger partial charge in [0, 0.05) is 51.8 Å².